The average Bonchev–Trinajstić information content (AvgIpc) is 3.25. The fourth-order valence-electron chi connectivity index (χ4n) is 4.42. The number of sulfonamides is 1. The van der Waals surface area contributed by atoms with Crippen LogP contribution in [0.1, 0.15) is 32.6 Å². The molecule has 182 valence electrons. The molecule has 1 saturated heterocycles. The summed E-state index contributed by atoms with van der Waals surface area (Å²) >= 11 is 0. The number of benzene rings is 1. The van der Waals surface area contributed by atoms with Crippen LogP contribution in [0.25, 0.3) is 11.2 Å². The maximum Gasteiger partial charge on any atom is 0.332 e. The number of amides is 1. The first-order valence-electron chi connectivity index (χ1n) is 11.2. The van der Waals surface area contributed by atoms with E-state index in [1.54, 1.807) is 16.4 Å². The Bertz CT molecular complexity index is 1450. The van der Waals surface area contributed by atoms with Gasteiger partial charge in [0.2, 0.25) is 15.9 Å². The Labute approximate surface area is 196 Å². The molecule has 4 rings (SSSR count). The molecule has 1 fully saturated rings. The molecule has 3 aromatic rings. The van der Waals surface area contributed by atoms with E-state index in [2.05, 4.69) is 10.3 Å². The number of anilines is 1. The van der Waals surface area contributed by atoms with Gasteiger partial charge in [-0.15, -0.1) is 0 Å². The van der Waals surface area contributed by atoms with Gasteiger partial charge in [-0.2, -0.15) is 4.31 Å². The first-order valence-corrected chi connectivity index (χ1v) is 12.6. The molecule has 0 saturated carbocycles. The van der Waals surface area contributed by atoms with Crippen LogP contribution in [-0.4, -0.2) is 49.9 Å². The molecule has 1 aromatic carbocycles. The Morgan fingerprint density at radius 3 is 2.50 bits per heavy atom. The minimum atomic E-state index is -3.61. The second-order valence-electron chi connectivity index (χ2n) is 8.50. The molecule has 1 atom stereocenters. The number of carbonyl (C=O) groups excluding carboxylic acids is 1. The quantitative estimate of drug-likeness (QED) is 0.552. The lowest BCUT2D eigenvalue weighted by Crippen LogP contribution is -2.43. The number of rotatable bonds is 6. The molecule has 0 aliphatic carbocycles. The van der Waals surface area contributed by atoms with Gasteiger partial charge in [0.15, 0.2) is 11.2 Å². The van der Waals surface area contributed by atoms with Crippen molar-refractivity contribution in [1.82, 2.24) is 23.0 Å². The lowest BCUT2D eigenvalue weighted by molar-refractivity contribution is -0.116. The molecule has 1 aliphatic heterocycles. The van der Waals surface area contributed by atoms with Crippen molar-refractivity contribution in [2.45, 2.75) is 50.1 Å². The zero-order chi connectivity index (χ0) is 24.6. The summed E-state index contributed by atoms with van der Waals surface area (Å²) in [5.41, 5.74) is -0.274. The second-order valence-corrected chi connectivity index (χ2v) is 10.4. The van der Waals surface area contributed by atoms with E-state index < -0.39 is 27.2 Å². The maximum atomic E-state index is 13.1. The SMILES string of the molecule is CCC1CCCCN1S(=O)(=O)c1ccc(NC(=O)Cn2cnc3c2c(=O)n(C)c(=O)n3C)cc1. The molecule has 2 aromatic heterocycles. The van der Waals surface area contributed by atoms with E-state index in [0.717, 1.165) is 30.3 Å². The molecule has 1 unspecified atom stereocenters. The monoisotopic (exact) mass is 488 g/mol. The van der Waals surface area contributed by atoms with E-state index in [1.165, 1.54) is 41.7 Å². The van der Waals surface area contributed by atoms with Crippen molar-refractivity contribution in [2.75, 3.05) is 11.9 Å². The fraction of sp³-hybridized carbons (Fsp3) is 0.455. The molecule has 0 bridgehead atoms. The van der Waals surface area contributed by atoms with Crippen LogP contribution in [0.4, 0.5) is 5.69 Å². The van der Waals surface area contributed by atoms with Crippen LogP contribution in [0.15, 0.2) is 45.1 Å². The summed E-state index contributed by atoms with van der Waals surface area (Å²) in [6, 6.07) is 6.08. The summed E-state index contributed by atoms with van der Waals surface area (Å²) in [5, 5.41) is 2.71. The number of fused-ring (bicyclic) bond motifs is 1. The highest BCUT2D eigenvalue weighted by Crippen LogP contribution is 2.27. The number of hydrogen-bond donors (Lipinski definition) is 1. The first-order chi connectivity index (χ1) is 16.1. The van der Waals surface area contributed by atoms with Crippen molar-refractivity contribution < 1.29 is 13.2 Å². The molecule has 1 aliphatic rings. The van der Waals surface area contributed by atoms with Gasteiger partial charge in [0.05, 0.1) is 11.2 Å². The number of nitrogens with one attached hydrogen (secondary N) is 1. The van der Waals surface area contributed by atoms with Gasteiger partial charge in [-0.1, -0.05) is 13.3 Å². The van der Waals surface area contributed by atoms with Crippen molar-refractivity contribution in [3.05, 3.63) is 51.4 Å². The summed E-state index contributed by atoms with van der Waals surface area (Å²) in [5.74, 6) is -0.423. The Hall–Kier alpha value is -3.25. The van der Waals surface area contributed by atoms with Gasteiger partial charge in [0.1, 0.15) is 6.54 Å². The smallest absolute Gasteiger partial charge is 0.325 e. The first kappa shape index (κ1) is 23.9. The molecule has 3 heterocycles. The number of piperidine rings is 1. The highest BCUT2D eigenvalue weighted by molar-refractivity contribution is 7.89. The van der Waals surface area contributed by atoms with Crippen molar-refractivity contribution in [3.8, 4) is 0 Å². The molecule has 0 radical (unpaired) electrons. The van der Waals surface area contributed by atoms with Gasteiger partial charge in [-0.05, 0) is 43.5 Å². The van der Waals surface area contributed by atoms with E-state index >= 15 is 0 Å². The number of imidazole rings is 1. The van der Waals surface area contributed by atoms with E-state index in [0.29, 0.717) is 12.2 Å². The predicted molar refractivity (Wildman–Crippen MR) is 127 cm³/mol. The third-order valence-electron chi connectivity index (χ3n) is 6.32. The van der Waals surface area contributed by atoms with Crippen molar-refractivity contribution in [2.24, 2.45) is 14.1 Å². The van der Waals surface area contributed by atoms with Gasteiger partial charge >= 0.3 is 5.69 Å². The third kappa shape index (κ3) is 4.18. The molecule has 12 heteroatoms. The molecule has 1 amide bonds. The van der Waals surface area contributed by atoms with Crippen LogP contribution < -0.4 is 16.6 Å². The zero-order valence-electron chi connectivity index (χ0n) is 19.4. The molecule has 34 heavy (non-hydrogen) atoms. The topological polar surface area (TPSA) is 128 Å². The van der Waals surface area contributed by atoms with Crippen molar-refractivity contribution >= 4 is 32.8 Å². The normalized spacial score (nSPS) is 17.2. The Kier molecular flexibility index (Phi) is 6.45. The van der Waals surface area contributed by atoms with E-state index in [4.69, 9.17) is 0 Å². The minimum Gasteiger partial charge on any atom is -0.325 e. The maximum absolute atomic E-state index is 13.1. The lowest BCUT2D eigenvalue weighted by Gasteiger charge is -2.34. The van der Waals surface area contributed by atoms with Crippen LogP contribution in [0.2, 0.25) is 0 Å². The van der Waals surface area contributed by atoms with Crippen LogP contribution in [0, 0.1) is 0 Å². The average molecular weight is 489 g/mol. The molecular weight excluding hydrogens is 460 g/mol. The summed E-state index contributed by atoms with van der Waals surface area (Å²) in [7, 11) is -0.738. The predicted octanol–water partition coefficient (Wildman–Crippen LogP) is 1.03. The van der Waals surface area contributed by atoms with Crippen LogP contribution in [0.3, 0.4) is 0 Å². The molecule has 11 nitrogen and oxygen atoms in total. The van der Waals surface area contributed by atoms with E-state index in [9.17, 15) is 22.8 Å². The number of aryl methyl sites for hydroxylation is 1. The van der Waals surface area contributed by atoms with Crippen molar-refractivity contribution in [1.29, 1.82) is 0 Å². The summed E-state index contributed by atoms with van der Waals surface area (Å²) in [4.78, 5) is 41.5. The zero-order valence-corrected chi connectivity index (χ0v) is 20.2. The summed E-state index contributed by atoms with van der Waals surface area (Å²) < 4.78 is 31.4. The summed E-state index contributed by atoms with van der Waals surface area (Å²) in [6.07, 6.45) is 4.86. The minimum absolute atomic E-state index is 0.00957. The molecule has 1 N–H and O–H groups in total. The molecule has 0 spiro atoms. The van der Waals surface area contributed by atoms with Gasteiger partial charge in [0.25, 0.3) is 5.56 Å². The van der Waals surface area contributed by atoms with E-state index in [-0.39, 0.29) is 28.6 Å². The number of carbonyl (C=O) groups is 1. The number of nitrogens with zero attached hydrogens (tertiary/aromatic N) is 5. The number of aromatic nitrogens is 4. The lowest BCUT2D eigenvalue weighted by atomic mass is 10.0. The van der Waals surface area contributed by atoms with E-state index in [1.807, 2.05) is 6.92 Å². The van der Waals surface area contributed by atoms with Gasteiger partial charge < -0.3 is 9.88 Å². The van der Waals surface area contributed by atoms with Crippen LogP contribution in [0.5, 0.6) is 0 Å². The second kappa shape index (κ2) is 9.18. The van der Waals surface area contributed by atoms with Gasteiger partial charge in [-0.3, -0.25) is 18.7 Å². The Morgan fingerprint density at radius 2 is 1.82 bits per heavy atom. The van der Waals surface area contributed by atoms with Crippen LogP contribution >= 0.6 is 0 Å². The van der Waals surface area contributed by atoms with Crippen LogP contribution in [-0.2, 0) is 35.5 Å². The van der Waals surface area contributed by atoms with Gasteiger partial charge in [-0.25, -0.2) is 18.2 Å². The number of hydrogen-bond acceptors (Lipinski definition) is 6. The largest absolute Gasteiger partial charge is 0.332 e. The highest BCUT2D eigenvalue weighted by Gasteiger charge is 2.32. The fourth-order valence-corrected chi connectivity index (χ4v) is 6.18. The van der Waals surface area contributed by atoms with Crippen molar-refractivity contribution in [3.63, 3.8) is 0 Å². The third-order valence-corrected chi connectivity index (χ3v) is 8.29. The summed E-state index contributed by atoms with van der Waals surface area (Å²) in [6.45, 7) is 2.31. The highest BCUT2D eigenvalue weighted by atomic mass is 32.2. The molecular formula is C22H28N6O5S. The Balaban J connectivity index is 1.51. The van der Waals surface area contributed by atoms with Gasteiger partial charge in [0, 0.05) is 32.4 Å². The Morgan fingerprint density at radius 1 is 1.12 bits per heavy atom. The standard InChI is InChI=1S/C22H28N6O5S/c1-4-16-7-5-6-12-28(16)34(32,33)17-10-8-15(9-11-17)24-18(29)13-27-14-23-20-19(27)21(30)26(3)22(31)25(20)2/h8-11,14,16H,4-7,12-13H2,1-3H3,(H,24,29).